The lowest BCUT2D eigenvalue weighted by atomic mass is 10.0. The Morgan fingerprint density at radius 2 is 1.18 bits per heavy atom. The minimum atomic E-state index is -1.30. The van der Waals surface area contributed by atoms with Crippen LogP contribution in [0.25, 0.3) is 0 Å². The number of hydrogen-bond donors (Lipinski definition) is 9. The zero-order chi connectivity index (χ0) is 49.8. The number of hydrogen-bond acceptors (Lipinski definition) is 12. The Kier molecular flexibility index (Phi) is 21.9. The van der Waals surface area contributed by atoms with Crippen molar-refractivity contribution in [1.82, 2.24) is 31.9 Å². The van der Waals surface area contributed by atoms with Gasteiger partial charge in [-0.2, -0.15) is 0 Å². The Balaban J connectivity index is 2.17. The van der Waals surface area contributed by atoms with Crippen LogP contribution in [0.2, 0.25) is 0 Å². The summed E-state index contributed by atoms with van der Waals surface area (Å²) in [5.41, 5.74) is 10.2. The predicted molar refractivity (Wildman–Crippen MR) is 244 cm³/mol. The van der Waals surface area contributed by atoms with Crippen LogP contribution in [0.3, 0.4) is 0 Å². The summed E-state index contributed by atoms with van der Waals surface area (Å²) in [6, 6.07) is 8.63. The molecule has 21 nitrogen and oxygen atoms in total. The molecule has 0 saturated carbocycles. The van der Waals surface area contributed by atoms with E-state index in [1.165, 1.54) is 19.1 Å². The van der Waals surface area contributed by atoms with Crippen molar-refractivity contribution in [3.8, 4) is 5.75 Å². The molecule has 6 amide bonds. The highest BCUT2D eigenvalue weighted by atomic mass is 16.7. The van der Waals surface area contributed by atoms with Crippen molar-refractivity contribution in [3.05, 3.63) is 65.7 Å². The predicted octanol–water partition coefficient (Wildman–Crippen LogP) is 1.94. The van der Waals surface area contributed by atoms with E-state index in [-0.39, 0.29) is 56.3 Å². The summed E-state index contributed by atoms with van der Waals surface area (Å²) in [6.07, 6.45) is -1.49. The third-order valence-electron chi connectivity index (χ3n) is 8.97. The molecule has 0 unspecified atom stereocenters. The Morgan fingerprint density at radius 1 is 0.652 bits per heavy atom. The number of aliphatic imine (C=N–C) groups is 1. The fraction of sp³-hybridized carbons (Fsp3) is 0.533. The number of nitrogens with zero attached hydrogens (tertiary/aromatic N) is 1. The van der Waals surface area contributed by atoms with Crippen molar-refractivity contribution < 1.29 is 57.7 Å². The van der Waals surface area contributed by atoms with Crippen LogP contribution in [0.5, 0.6) is 5.75 Å². The van der Waals surface area contributed by atoms with Crippen molar-refractivity contribution in [2.24, 2.45) is 22.4 Å². The maximum Gasteiger partial charge on any atom is 0.514 e. The lowest BCUT2D eigenvalue weighted by molar-refractivity contribution is -0.142. The summed E-state index contributed by atoms with van der Waals surface area (Å²) in [6.45, 7) is 14.5. The average molecular weight is 926 g/mol. The molecule has 0 aromatic heterocycles. The molecule has 0 spiro atoms. The van der Waals surface area contributed by atoms with Crippen LogP contribution in [0.1, 0.15) is 92.7 Å². The highest BCUT2D eigenvalue weighted by Crippen LogP contribution is 2.17. The van der Waals surface area contributed by atoms with Gasteiger partial charge in [-0.1, -0.05) is 56.3 Å². The van der Waals surface area contributed by atoms with E-state index in [4.69, 9.17) is 25.7 Å². The molecule has 11 N–H and O–H groups in total. The minimum absolute atomic E-state index is 0.00887. The fourth-order valence-electron chi connectivity index (χ4n) is 5.97. The first-order valence-electron chi connectivity index (χ1n) is 21.5. The number of carboxylic acid groups (broad SMARTS) is 1. The largest absolute Gasteiger partial charge is 0.514 e. The van der Waals surface area contributed by atoms with Gasteiger partial charge in [-0.05, 0) is 96.9 Å². The summed E-state index contributed by atoms with van der Waals surface area (Å²) < 4.78 is 15.7. The van der Waals surface area contributed by atoms with Gasteiger partial charge in [0.05, 0.1) is 6.54 Å². The molecule has 0 aliphatic rings. The summed E-state index contributed by atoms with van der Waals surface area (Å²) >= 11 is 0. The van der Waals surface area contributed by atoms with Crippen LogP contribution >= 0.6 is 0 Å². The summed E-state index contributed by atoms with van der Waals surface area (Å²) in [5.74, 6) is -5.19. The Morgan fingerprint density at radius 3 is 1.73 bits per heavy atom. The van der Waals surface area contributed by atoms with E-state index in [1.807, 2.05) is 13.8 Å². The Bertz CT molecular complexity index is 1990. The van der Waals surface area contributed by atoms with Crippen molar-refractivity contribution in [2.45, 2.75) is 136 Å². The van der Waals surface area contributed by atoms with Crippen molar-refractivity contribution in [1.29, 1.82) is 0 Å². The average Bonchev–Trinajstić information content (AvgIpc) is 3.19. The fourth-order valence-corrected chi connectivity index (χ4v) is 5.97. The number of amides is 6. The second-order valence-corrected chi connectivity index (χ2v) is 17.9. The van der Waals surface area contributed by atoms with E-state index in [0.717, 1.165) is 0 Å². The van der Waals surface area contributed by atoms with Crippen molar-refractivity contribution in [2.75, 3.05) is 13.1 Å². The minimum Gasteiger partial charge on any atom is -0.480 e. The first kappa shape index (κ1) is 55.2. The van der Waals surface area contributed by atoms with Gasteiger partial charge in [0, 0.05) is 19.4 Å². The quantitative estimate of drug-likeness (QED) is 0.0253. The molecule has 0 bridgehead atoms. The molecule has 21 heteroatoms. The number of carbonyl (C=O) groups is 8. The number of nitrogens with one attached hydrogen (secondary N) is 6. The number of carboxylic acids is 1. The number of nitrogens with two attached hydrogens (primary N) is 2. The Hall–Kier alpha value is -6.93. The molecule has 364 valence electrons. The number of guanidine groups is 1. The maximum absolute atomic E-state index is 13.8. The molecular weight excluding hydrogens is 859 g/mol. The first-order chi connectivity index (χ1) is 30.7. The summed E-state index contributed by atoms with van der Waals surface area (Å²) in [5, 5.41) is 25.0. The molecule has 2 aromatic rings. The van der Waals surface area contributed by atoms with Crippen LogP contribution in [-0.4, -0.2) is 113 Å². The molecular formula is C45H67N9O12. The van der Waals surface area contributed by atoms with Crippen LogP contribution in [0.4, 0.5) is 9.59 Å². The van der Waals surface area contributed by atoms with Crippen molar-refractivity contribution >= 4 is 53.7 Å². The highest BCUT2D eigenvalue weighted by molar-refractivity contribution is 5.95. The molecule has 0 fully saturated rings. The van der Waals surface area contributed by atoms with Gasteiger partial charge < -0.3 is 62.7 Å². The second-order valence-electron chi connectivity index (χ2n) is 17.9. The molecule has 0 heterocycles. The van der Waals surface area contributed by atoms with Gasteiger partial charge in [-0.25, -0.2) is 14.4 Å². The maximum atomic E-state index is 13.8. The number of aliphatic carboxylic acids is 1. The van der Waals surface area contributed by atoms with Crippen LogP contribution < -0.4 is 48.1 Å². The van der Waals surface area contributed by atoms with Crippen LogP contribution in [0.15, 0.2) is 59.6 Å². The third-order valence-corrected chi connectivity index (χ3v) is 8.97. The van der Waals surface area contributed by atoms with Crippen LogP contribution in [-0.2, 0) is 51.1 Å². The number of benzene rings is 2. The van der Waals surface area contributed by atoms with Crippen LogP contribution in [0, 0.1) is 5.92 Å². The topological polar surface area (TPSA) is 321 Å². The Labute approximate surface area is 385 Å². The number of alkyl carbamates (subject to hydrolysis) is 1. The van der Waals surface area contributed by atoms with Gasteiger partial charge in [0.15, 0.2) is 5.96 Å². The lowest BCUT2D eigenvalue weighted by Crippen LogP contribution is -2.57. The monoisotopic (exact) mass is 925 g/mol. The van der Waals surface area contributed by atoms with E-state index in [1.54, 1.807) is 84.0 Å². The van der Waals surface area contributed by atoms with E-state index >= 15 is 0 Å². The van der Waals surface area contributed by atoms with E-state index < -0.39 is 95.7 Å². The summed E-state index contributed by atoms with van der Waals surface area (Å²) in [7, 11) is 0. The van der Waals surface area contributed by atoms with Gasteiger partial charge in [0.2, 0.25) is 29.5 Å². The van der Waals surface area contributed by atoms with Gasteiger partial charge in [-0.3, -0.25) is 29.0 Å². The van der Waals surface area contributed by atoms with Gasteiger partial charge in [0.1, 0.15) is 47.2 Å². The zero-order valence-corrected chi connectivity index (χ0v) is 39.1. The van der Waals surface area contributed by atoms with E-state index in [9.17, 15) is 43.5 Å². The van der Waals surface area contributed by atoms with E-state index in [2.05, 4.69) is 36.9 Å². The highest BCUT2D eigenvalue weighted by Gasteiger charge is 2.31. The SMILES string of the molecule is CC(C)C[C@H](NC(=O)[C@H](Cc1ccccc1)NC(=O)CNC(=O)[C@H](C)NC(=O)[C@H](Cc1ccc(OC(=O)OC(C)(C)C)cc1)NC(=O)OC(C)(C)C)C(=O)N[C@H](CCCN=C(N)N)C(=O)O. The smallest absolute Gasteiger partial charge is 0.480 e. The molecule has 0 aliphatic heterocycles. The van der Waals surface area contributed by atoms with Gasteiger partial charge >= 0.3 is 18.2 Å². The number of rotatable bonds is 23. The molecule has 0 aliphatic carbocycles. The molecule has 2 rings (SSSR count). The van der Waals surface area contributed by atoms with E-state index in [0.29, 0.717) is 11.1 Å². The first-order valence-corrected chi connectivity index (χ1v) is 21.5. The normalized spacial score (nSPS) is 13.5. The van der Waals surface area contributed by atoms with Crippen molar-refractivity contribution in [3.63, 3.8) is 0 Å². The molecule has 0 saturated heterocycles. The molecule has 66 heavy (non-hydrogen) atoms. The molecule has 5 atom stereocenters. The lowest BCUT2D eigenvalue weighted by Gasteiger charge is -2.26. The summed E-state index contributed by atoms with van der Waals surface area (Å²) in [4.78, 5) is 108. The zero-order valence-electron chi connectivity index (χ0n) is 39.1. The number of carbonyl (C=O) groups excluding carboxylic acids is 7. The van der Waals surface area contributed by atoms with Gasteiger partial charge in [-0.15, -0.1) is 0 Å². The number of ether oxygens (including phenoxy) is 3. The molecule has 2 aromatic carbocycles. The van der Waals surface area contributed by atoms with Gasteiger partial charge in [0.25, 0.3) is 0 Å². The molecule has 0 radical (unpaired) electrons. The third kappa shape index (κ3) is 22.6. The second kappa shape index (κ2) is 26.1. The standard InChI is InChI=1S/C45H67N9O12/c1-26(2)22-32(38(58)52-31(40(60)61)16-13-21-48-41(46)47)53-39(59)33(23-28-14-11-10-12-15-28)51-35(55)25-49-36(56)27(3)50-37(57)34(54-42(62)65-44(4,5)6)24-29-17-19-30(20-18-29)64-43(63)66-45(7,8)9/h10-12,14-15,17-20,26-27,31-34H,13,16,21-25H2,1-9H3,(H,49,56)(H,50,57)(H,51,55)(H,52,58)(H,53,59)(H,54,62)(H,60,61)(H4,46,47,48)/t27-,31+,32-,33-,34-/m0/s1.